The number of unbranched alkanes of at least 4 members (excludes halogenated alkanes) is 3. The van der Waals surface area contributed by atoms with E-state index in [0.29, 0.717) is 0 Å². The Bertz CT molecular complexity index is 536. The normalized spacial score (nSPS) is 15.2. The van der Waals surface area contributed by atoms with Crippen molar-refractivity contribution in [3.05, 3.63) is 23.9 Å². The summed E-state index contributed by atoms with van der Waals surface area (Å²) in [6, 6.07) is 3.78. The summed E-state index contributed by atoms with van der Waals surface area (Å²) in [6.07, 6.45) is 6.46. The smallest absolute Gasteiger partial charge is 0.254 e. The molecule has 2 rings (SSSR count). The topological polar surface area (TPSA) is 45.7 Å². The van der Waals surface area contributed by atoms with Gasteiger partial charge in [-0.3, -0.25) is 9.69 Å². The van der Waals surface area contributed by atoms with Gasteiger partial charge < -0.3 is 9.64 Å². The van der Waals surface area contributed by atoms with Gasteiger partial charge >= 0.3 is 0 Å². The fourth-order valence-electron chi connectivity index (χ4n) is 3.08. The van der Waals surface area contributed by atoms with E-state index in [4.69, 9.17) is 4.74 Å². The minimum atomic E-state index is 0.134. The Morgan fingerprint density at radius 3 is 2.77 bits per heavy atom. The molecular weight excluding hydrogens is 346 g/mol. The van der Waals surface area contributed by atoms with Gasteiger partial charge in [-0.2, -0.15) is 0 Å². The molecule has 146 valence electrons. The summed E-state index contributed by atoms with van der Waals surface area (Å²) in [5, 5.41) is 0.928. The molecule has 1 saturated heterocycles. The lowest BCUT2D eigenvalue weighted by Crippen LogP contribution is -2.43. The van der Waals surface area contributed by atoms with E-state index < -0.39 is 0 Å². The van der Waals surface area contributed by atoms with Crippen molar-refractivity contribution in [1.29, 1.82) is 0 Å². The molecular formula is C20H33N3O2S. The van der Waals surface area contributed by atoms with Crippen molar-refractivity contribution in [2.75, 3.05) is 51.7 Å². The first kappa shape index (κ1) is 21.2. The largest absolute Gasteiger partial charge is 0.379 e. The van der Waals surface area contributed by atoms with Gasteiger partial charge in [0.25, 0.3) is 5.91 Å². The molecule has 5 nitrogen and oxygen atoms in total. The van der Waals surface area contributed by atoms with E-state index in [-0.39, 0.29) is 5.91 Å². The van der Waals surface area contributed by atoms with Gasteiger partial charge in [0.1, 0.15) is 0 Å². The minimum absolute atomic E-state index is 0.134. The first-order chi connectivity index (χ1) is 12.7. The van der Waals surface area contributed by atoms with Crippen LogP contribution in [0, 0.1) is 0 Å². The number of ether oxygens (including phenoxy) is 1. The molecule has 6 heteroatoms. The molecule has 2 heterocycles. The van der Waals surface area contributed by atoms with Crippen LogP contribution in [0.3, 0.4) is 0 Å². The lowest BCUT2D eigenvalue weighted by Gasteiger charge is -2.30. The first-order valence-corrected chi connectivity index (χ1v) is 10.9. The Morgan fingerprint density at radius 2 is 2.04 bits per heavy atom. The van der Waals surface area contributed by atoms with Crippen LogP contribution in [0.4, 0.5) is 0 Å². The summed E-state index contributed by atoms with van der Waals surface area (Å²) < 4.78 is 5.42. The monoisotopic (exact) mass is 379 g/mol. The highest BCUT2D eigenvalue weighted by molar-refractivity contribution is 7.99. The molecule has 0 radical (unpaired) electrons. The zero-order chi connectivity index (χ0) is 18.6. The van der Waals surface area contributed by atoms with Crippen LogP contribution >= 0.6 is 11.8 Å². The number of thioether (sulfide) groups is 1. The molecule has 1 fully saturated rings. The fourth-order valence-corrected chi connectivity index (χ4v) is 3.72. The summed E-state index contributed by atoms with van der Waals surface area (Å²) in [6.45, 7) is 10.4. The Morgan fingerprint density at radius 1 is 1.23 bits per heavy atom. The average Bonchev–Trinajstić information content (AvgIpc) is 2.68. The van der Waals surface area contributed by atoms with E-state index in [2.05, 4.69) is 23.7 Å². The molecule has 0 spiro atoms. The zero-order valence-electron chi connectivity index (χ0n) is 16.3. The van der Waals surface area contributed by atoms with E-state index in [1.54, 1.807) is 18.0 Å². The van der Waals surface area contributed by atoms with Gasteiger partial charge in [0, 0.05) is 44.5 Å². The van der Waals surface area contributed by atoms with Crippen molar-refractivity contribution < 1.29 is 9.53 Å². The van der Waals surface area contributed by atoms with Crippen LogP contribution in [0.25, 0.3) is 0 Å². The number of nitrogens with zero attached hydrogens (tertiary/aromatic N) is 3. The van der Waals surface area contributed by atoms with Crippen molar-refractivity contribution in [3.8, 4) is 0 Å². The SMILES string of the molecule is CCCCCCN(CCN1CCOCC1)C(=O)c1ccnc(SCC)c1. The lowest BCUT2D eigenvalue weighted by molar-refractivity contribution is 0.0324. The van der Waals surface area contributed by atoms with Gasteiger partial charge in [-0.05, 0) is 24.3 Å². The third-order valence-corrected chi connectivity index (χ3v) is 5.44. The highest BCUT2D eigenvalue weighted by Gasteiger charge is 2.18. The number of morpholine rings is 1. The highest BCUT2D eigenvalue weighted by atomic mass is 32.2. The second-order valence-corrected chi connectivity index (χ2v) is 7.91. The number of hydrogen-bond acceptors (Lipinski definition) is 5. The number of carbonyl (C=O) groups is 1. The molecule has 0 saturated carbocycles. The van der Waals surface area contributed by atoms with Gasteiger partial charge in [-0.15, -0.1) is 11.8 Å². The predicted octanol–water partition coefficient (Wildman–Crippen LogP) is 3.55. The van der Waals surface area contributed by atoms with Crippen LogP contribution in [-0.2, 0) is 4.74 Å². The number of pyridine rings is 1. The molecule has 0 aliphatic carbocycles. The zero-order valence-corrected chi connectivity index (χ0v) is 17.1. The number of hydrogen-bond donors (Lipinski definition) is 0. The molecule has 0 atom stereocenters. The summed E-state index contributed by atoms with van der Waals surface area (Å²) in [5.74, 6) is 1.10. The molecule has 1 amide bonds. The van der Waals surface area contributed by atoms with Crippen LogP contribution in [0.5, 0.6) is 0 Å². The number of amides is 1. The third-order valence-electron chi connectivity index (χ3n) is 4.63. The van der Waals surface area contributed by atoms with Gasteiger partial charge in [-0.1, -0.05) is 33.1 Å². The van der Waals surface area contributed by atoms with E-state index in [9.17, 15) is 4.79 Å². The Kier molecular flexibility index (Phi) is 10.0. The molecule has 0 bridgehead atoms. The average molecular weight is 380 g/mol. The van der Waals surface area contributed by atoms with Crippen molar-refractivity contribution in [1.82, 2.24) is 14.8 Å². The third kappa shape index (κ3) is 7.25. The summed E-state index contributed by atoms with van der Waals surface area (Å²) in [7, 11) is 0. The maximum Gasteiger partial charge on any atom is 0.254 e. The fraction of sp³-hybridized carbons (Fsp3) is 0.700. The maximum absolute atomic E-state index is 13.1. The second kappa shape index (κ2) is 12.3. The first-order valence-electron chi connectivity index (χ1n) is 9.92. The standard InChI is InChI=1S/C20H33N3O2S/c1-3-5-6-7-10-23(12-11-22-13-15-25-16-14-22)20(24)18-8-9-21-19(17-18)26-4-2/h8-9,17H,3-7,10-16H2,1-2H3. The van der Waals surface area contributed by atoms with Crippen LogP contribution in [0.1, 0.15) is 49.9 Å². The van der Waals surface area contributed by atoms with Crippen molar-refractivity contribution in [3.63, 3.8) is 0 Å². The second-order valence-electron chi connectivity index (χ2n) is 6.62. The lowest BCUT2D eigenvalue weighted by atomic mass is 10.1. The number of rotatable bonds is 11. The maximum atomic E-state index is 13.1. The summed E-state index contributed by atoms with van der Waals surface area (Å²) in [4.78, 5) is 21.8. The van der Waals surface area contributed by atoms with E-state index in [1.807, 2.05) is 17.0 Å². The van der Waals surface area contributed by atoms with Crippen LogP contribution in [0.15, 0.2) is 23.4 Å². The minimum Gasteiger partial charge on any atom is -0.379 e. The van der Waals surface area contributed by atoms with E-state index in [1.165, 1.54) is 19.3 Å². The van der Waals surface area contributed by atoms with Crippen LogP contribution in [0.2, 0.25) is 0 Å². The highest BCUT2D eigenvalue weighted by Crippen LogP contribution is 2.17. The Balaban J connectivity index is 1.97. The molecule has 1 aromatic rings. The van der Waals surface area contributed by atoms with Gasteiger partial charge in [0.2, 0.25) is 0 Å². The number of aromatic nitrogens is 1. The molecule has 0 unspecified atom stereocenters. The van der Waals surface area contributed by atoms with Crippen molar-refractivity contribution in [2.24, 2.45) is 0 Å². The van der Waals surface area contributed by atoms with Crippen LogP contribution in [-0.4, -0.2) is 72.4 Å². The van der Waals surface area contributed by atoms with Gasteiger partial charge in [-0.25, -0.2) is 4.98 Å². The number of carbonyl (C=O) groups excluding carboxylic acids is 1. The predicted molar refractivity (Wildman–Crippen MR) is 108 cm³/mol. The molecule has 26 heavy (non-hydrogen) atoms. The molecule has 1 aliphatic heterocycles. The Hall–Kier alpha value is -1.11. The van der Waals surface area contributed by atoms with Gasteiger partial charge in [0.05, 0.1) is 18.2 Å². The van der Waals surface area contributed by atoms with Gasteiger partial charge in [0.15, 0.2) is 0 Å². The van der Waals surface area contributed by atoms with E-state index in [0.717, 1.165) is 68.7 Å². The quantitative estimate of drug-likeness (QED) is 0.435. The molecule has 0 aromatic carbocycles. The molecule has 1 aromatic heterocycles. The van der Waals surface area contributed by atoms with Crippen LogP contribution < -0.4 is 0 Å². The van der Waals surface area contributed by atoms with Crippen molar-refractivity contribution in [2.45, 2.75) is 44.6 Å². The van der Waals surface area contributed by atoms with E-state index >= 15 is 0 Å². The summed E-state index contributed by atoms with van der Waals surface area (Å²) in [5.41, 5.74) is 0.758. The molecule has 1 aliphatic rings. The molecule has 0 N–H and O–H groups in total. The van der Waals surface area contributed by atoms with Crippen molar-refractivity contribution >= 4 is 17.7 Å². The summed E-state index contributed by atoms with van der Waals surface area (Å²) >= 11 is 1.68. The Labute approximate surface area is 162 Å².